The summed E-state index contributed by atoms with van der Waals surface area (Å²) in [4.78, 5) is 23.6. The van der Waals surface area contributed by atoms with Crippen LogP contribution in [0.5, 0.6) is 0 Å². The van der Waals surface area contributed by atoms with Crippen molar-refractivity contribution in [1.82, 2.24) is 9.62 Å². The van der Waals surface area contributed by atoms with Crippen molar-refractivity contribution >= 4 is 21.9 Å². The lowest BCUT2D eigenvalue weighted by molar-refractivity contribution is -0.147. The van der Waals surface area contributed by atoms with Gasteiger partial charge in [-0.25, -0.2) is 13.2 Å². The molecule has 1 aromatic carbocycles. The molecule has 0 saturated heterocycles. The molecule has 0 unspecified atom stereocenters. The first-order valence-electron chi connectivity index (χ1n) is 6.93. The number of amides is 1. The van der Waals surface area contributed by atoms with Crippen LogP contribution in [0.25, 0.3) is 0 Å². The van der Waals surface area contributed by atoms with Crippen molar-refractivity contribution in [3.63, 3.8) is 0 Å². The SMILES string of the molecule is CN(C(C)(C)C(=O)NC(C)(C)C(=O)O)S(=O)(=O)c1ccccc1. The quantitative estimate of drug-likeness (QED) is 0.805. The predicted octanol–water partition coefficient (Wildman–Crippen LogP) is 1.07. The summed E-state index contributed by atoms with van der Waals surface area (Å²) in [7, 11) is -2.61. The first-order valence-corrected chi connectivity index (χ1v) is 8.37. The molecule has 0 atom stereocenters. The lowest BCUT2D eigenvalue weighted by Crippen LogP contribution is -2.61. The van der Waals surface area contributed by atoms with Gasteiger partial charge < -0.3 is 10.4 Å². The Balaban J connectivity index is 3.12. The fourth-order valence-corrected chi connectivity index (χ4v) is 3.19. The Morgan fingerprint density at radius 3 is 2.00 bits per heavy atom. The van der Waals surface area contributed by atoms with Gasteiger partial charge in [0.25, 0.3) is 0 Å². The Hall–Kier alpha value is -1.93. The van der Waals surface area contributed by atoms with Gasteiger partial charge in [-0.05, 0) is 39.8 Å². The molecule has 8 heteroatoms. The van der Waals surface area contributed by atoms with E-state index in [0.717, 1.165) is 4.31 Å². The Bertz CT molecular complexity index is 696. The highest BCUT2D eigenvalue weighted by molar-refractivity contribution is 7.89. The molecule has 0 aliphatic carbocycles. The number of carbonyl (C=O) groups excluding carboxylic acids is 1. The van der Waals surface area contributed by atoms with Crippen LogP contribution in [0.3, 0.4) is 0 Å². The zero-order valence-corrected chi connectivity index (χ0v) is 14.6. The monoisotopic (exact) mass is 342 g/mol. The van der Waals surface area contributed by atoms with Crippen molar-refractivity contribution in [1.29, 1.82) is 0 Å². The van der Waals surface area contributed by atoms with Gasteiger partial charge >= 0.3 is 5.97 Å². The molecule has 0 saturated carbocycles. The van der Waals surface area contributed by atoms with Crippen LogP contribution in [0.4, 0.5) is 0 Å². The Kier molecular flexibility index (Phi) is 5.23. The van der Waals surface area contributed by atoms with E-state index in [9.17, 15) is 18.0 Å². The van der Waals surface area contributed by atoms with Gasteiger partial charge in [-0.1, -0.05) is 18.2 Å². The van der Waals surface area contributed by atoms with E-state index in [0.29, 0.717) is 0 Å². The number of likely N-dealkylation sites (N-methyl/N-ethyl adjacent to an activating group) is 1. The van der Waals surface area contributed by atoms with E-state index < -0.39 is 33.0 Å². The van der Waals surface area contributed by atoms with E-state index in [2.05, 4.69) is 5.32 Å². The maximum atomic E-state index is 12.6. The molecule has 23 heavy (non-hydrogen) atoms. The third-order valence-corrected chi connectivity index (χ3v) is 5.75. The van der Waals surface area contributed by atoms with E-state index in [-0.39, 0.29) is 4.90 Å². The third-order valence-electron chi connectivity index (χ3n) is 3.71. The highest BCUT2D eigenvalue weighted by Crippen LogP contribution is 2.23. The maximum Gasteiger partial charge on any atom is 0.328 e. The van der Waals surface area contributed by atoms with Crippen molar-refractivity contribution in [2.24, 2.45) is 0 Å². The summed E-state index contributed by atoms with van der Waals surface area (Å²) in [6.07, 6.45) is 0. The fraction of sp³-hybridized carbons (Fsp3) is 0.467. The average Bonchev–Trinajstić information content (AvgIpc) is 2.46. The second kappa shape index (κ2) is 6.29. The van der Waals surface area contributed by atoms with E-state index in [4.69, 9.17) is 5.11 Å². The molecule has 0 spiro atoms. The molecule has 1 amide bonds. The van der Waals surface area contributed by atoms with Gasteiger partial charge in [0.2, 0.25) is 15.9 Å². The van der Waals surface area contributed by atoms with Crippen LogP contribution in [-0.4, -0.2) is 47.8 Å². The van der Waals surface area contributed by atoms with Crippen LogP contribution < -0.4 is 5.32 Å². The van der Waals surface area contributed by atoms with Crippen molar-refractivity contribution < 1.29 is 23.1 Å². The number of sulfonamides is 1. The number of aliphatic carboxylic acids is 1. The number of rotatable bonds is 6. The average molecular weight is 342 g/mol. The Morgan fingerprint density at radius 1 is 1.09 bits per heavy atom. The lowest BCUT2D eigenvalue weighted by atomic mass is 10.00. The molecule has 0 radical (unpaired) electrons. The fourth-order valence-electron chi connectivity index (χ4n) is 1.68. The molecule has 0 aliphatic rings. The van der Waals surface area contributed by atoms with E-state index in [1.54, 1.807) is 18.2 Å². The number of hydrogen-bond acceptors (Lipinski definition) is 4. The van der Waals surface area contributed by atoms with E-state index in [1.807, 2.05) is 0 Å². The minimum Gasteiger partial charge on any atom is -0.480 e. The van der Waals surface area contributed by atoms with Gasteiger partial charge in [0.05, 0.1) is 4.90 Å². The maximum absolute atomic E-state index is 12.6. The molecule has 2 N–H and O–H groups in total. The van der Waals surface area contributed by atoms with Gasteiger partial charge in [-0.3, -0.25) is 4.79 Å². The number of carboxylic acids is 1. The van der Waals surface area contributed by atoms with Crippen LogP contribution in [0, 0.1) is 0 Å². The second-order valence-electron chi connectivity index (χ2n) is 6.23. The minimum atomic E-state index is -3.89. The standard InChI is InChI=1S/C15H22N2O5S/c1-14(2,13(19)20)16-12(18)15(3,4)17(5)23(21,22)11-9-7-6-8-10-11/h6-10H,1-5H3,(H,16,18)(H,19,20). The second-order valence-corrected chi connectivity index (χ2v) is 8.20. The van der Waals surface area contributed by atoms with Crippen LogP contribution in [0.1, 0.15) is 27.7 Å². The van der Waals surface area contributed by atoms with Crippen molar-refractivity contribution in [3.05, 3.63) is 30.3 Å². The van der Waals surface area contributed by atoms with Crippen molar-refractivity contribution in [3.8, 4) is 0 Å². The topological polar surface area (TPSA) is 104 Å². The van der Waals surface area contributed by atoms with Crippen molar-refractivity contribution in [2.75, 3.05) is 7.05 Å². The molecule has 0 aliphatic heterocycles. The molecule has 0 bridgehead atoms. The zero-order valence-electron chi connectivity index (χ0n) is 13.8. The highest BCUT2D eigenvalue weighted by Gasteiger charge is 2.43. The summed E-state index contributed by atoms with van der Waals surface area (Å²) in [5.74, 6) is -1.91. The predicted molar refractivity (Wildman–Crippen MR) is 85.3 cm³/mol. The summed E-state index contributed by atoms with van der Waals surface area (Å²) in [6.45, 7) is 5.49. The van der Waals surface area contributed by atoms with Gasteiger partial charge in [-0.2, -0.15) is 4.31 Å². The summed E-state index contributed by atoms with van der Waals surface area (Å²) in [5, 5.41) is 11.4. The number of nitrogens with one attached hydrogen (secondary N) is 1. The summed E-state index contributed by atoms with van der Waals surface area (Å²) < 4.78 is 26.2. The largest absolute Gasteiger partial charge is 0.480 e. The molecular formula is C15H22N2O5S. The van der Waals surface area contributed by atoms with Crippen LogP contribution in [-0.2, 0) is 19.6 Å². The molecule has 7 nitrogen and oxygen atoms in total. The third kappa shape index (κ3) is 3.89. The molecule has 0 aromatic heterocycles. The summed E-state index contributed by atoms with van der Waals surface area (Å²) >= 11 is 0. The van der Waals surface area contributed by atoms with Crippen LogP contribution in [0.2, 0.25) is 0 Å². The van der Waals surface area contributed by atoms with E-state index in [1.165, 1.54) is 46.9 Å². The summed E-state index contributed by atoms with van der Waals surface area (Å²) in [6, 6.07) is 7.72. The summed E-state index contributed by atoms with van der Waals surface area (Å²) in [5.41, 5.74) is -2.98. The number of benzene rings is 1. The van der Waals surface area contributed by atoms with Gasteiger partial charge in [0.1, 0.15) is 11.1 Å². The molecule has 128 valence electrons. The normalized spacial score (nSPS) is 13.0. The highest BCUT2D eigenvalue weighted by atomic mass is 32.2. The first kappa shape index (κ1) is 19.1. The number of carbonyl (C=O) groups is 2. The zero-order chi connectivity index (χ0) is 18.1. The Labute approximate surface area is 136 Å². The van der Waals surface area contributed by atoms with E-state index >= 15 is 0 Å². The molecule has 1 aromatic rings. The Morgan fingerprint density at radius 2 is 1.57 bits per heavy atom. The number of nitrogens with zero attached hydrogens (tertiary/aromatic N) is 1. The molecular weight excluding hydrogens is 320 g/mol. The van der Waals surface area contributed by atoms with Gasteiger partial charge in [-0.15, -0.1) is 0 Å². The van der Waals surface area contributed by atoms with Gasteiger partial charge in [0.15, 0.2) is 0 Å². The smallest absolute Gasteiger partial charge is 0.328 e. The number of hydrogen-bond donors (Lipinski definition) is 2. The molecule has 0 fully saturated rings. The lowest BCUT2D eigenvalue weighted by Gasteiger charge is -2.35. The minimum absolute atomic E-state index is 0.0564. The molecule has 1 rings (SSSR count). The van der Waals surface area contributed by atoms with Crippen LogP contribution >= 0.6 is 0 Å². The molecule has 0 heterocycles. The first-order chi connectivity index (χ1) is 10.3. The number of carboxylic acid groups (broad SMARTS) is 1. The van der Waals surface area contributed by atoms with Gasteiger partial charge in [0, 0.05) is 7.05 Å². The van der Waals surface area contributed by atoms with Crippen LogP contribution in [0.15, 0.2) is 35.2 Å². The van der Waals surface area contributed by atoms with Crippen molar-refractivity contribution in [2.45, 2.75) is 43.7 Å².